The lowest BCUT2D eigenvalue weighted by Gasteiger charge is -2.31. The molecule has 0 radical (unpaired) electrons. The molecule has 0 unspecified atom stereocenters. The Bertz CT molecular complexity index is 752. The van der Waals surface area contributed by atoms with E-state index >= 15 is 0 Å². The molecule has 0 spiro atoms. The molecule has 7 nitrogen and oxygen atoms in total. The highest BCUT2D eigenvalue weighted by molar-refractivity contribution is 7.98. The lowest BCUT2D eigenvalue weighted by atomic mass is 10.0. The number of benzene rings is 1. The van der Waals surface area contributed by atoms with Crippen molar-refractivity contribution in [3.8, 4) is 0 Å². The molecule has 0 atom stereocenters. The molecule has 8 heteroatoms. The van der Waals surface area contributed by atoms with E-state index < -0.39 is 0 Å². The Labute approximate surface area is 171 Å². The highest BCUT2D eigenvalue weighted by Crippen LogP contribution is 2.23. The van der Waals surface area contributed by atoms with E-state index in [4.69, 9.17) is 0 Å². The third kappa shape index (κ3) is 5.80. The quantitative estimate of drug-likeness (QED) is 0.683. The van der Waals surface area contributed by atoms with Gasteiger partial charge in [0.1, 0.15) is 0 Å². The van der Waals surface area contributed by atoms with Gasteiger partial charge in [-0.05, 0) is 50.9 Å². The summed E-state index contributed by atoms with van der Waals surface area (Å²) < 4.78 is 1.87. The van der Waals surface area contributed by atoms with Gasteiger partial charge in [-0.25, -0.2) is 4.68 Å². The second kappa shape index (κ2) is 10.0. The van der Waals surface area contributed by atoms with Crippen molar-refractivity contribution in [2.24, 2.45) is 0 Å². The van der Waals surface area contributed by atoms with Crippen LogP contribution >= 0.6 is 11.8 Å². The lowest BCUT2D eigenvalue weighted by Crippen LogP contribution is -2.34. The minimum atomic E-state index is -0.153. The number of aromatic nitrogens is 3. The molecule has 2 heterocycles. The van der Waals surface area contributed by atoms with Crippen LogP contribution in [0.4, 0.5) is 0 Å². The smallest absolute Gasteiger partial charge is 0.273 e. The second-order valence-corrected chi connectivity index (χ2v) is 8.38. The molecular weight excluding hydrogens is 372 g/mol. The van der Waals surface area contributed by atoms with Crippen molar-refractivity contribution < 1.29 is 4.79 Å². The maximum absolute atomic E-state index is 12.2. The topological polar surface area (TPSA) is 66.3 Å². The first-order valence-electron chi connectivity index (χ1n) is 9.75. The molecule has 1 saturated heterocycles. The fraction of sp³-hybridized carbons (Fsp3) is 0.550. The van der Waals surface area contributed by atoms with Crippen LogP contribution in [0.1, 0.15) is 34.9 Å². The zero-order valence-electron chi connectivity index (χ0n) is 17.0. The molecule has 152 valence electrons. The van der Waals surface area contributed by atoms with Crippen LogP contribution in [-0.2, 0) is 6.54 Å². The molecule has 1 N–H and O–H groups in total. The number of carbonyl (C=O) groups is 1. The number of amides is 1. The van der Waals surface area contributed by atoms with E-state index in [0.717, 1.165) is 39.0 Å². The Morgan fingerprint density at radius 2 is 1.96 bits per heavy atom. The van der Waals surface area contributed by atoms with E-state index in [1.54, 1.807) is 18.0 Å². The summed E-state index contributed by atoms with van der Waals surface area (Å²) in [5.74, 6) is -0.153. The third-order valence-electron chi connectivity index (χ3n) is 5.08. The maximum atomic E-state index is 12.2. The van der Waals surface area contributed by atoms with Crippen LogP contribution in [0, 0.1) is 0 Å². The van der Waals surface area contributed by atoms with E-state index in [-0.39, 0.29) is 5.91 Å². The van der Waals surface area contributed by atoms with Crippen LogP contribution in [0.3, 0.4) is 0 Å². The summed E-state index contributed by atoms with van der Waals surface area (Å²) in [7, 11) is 3.96. The zero-order valence-corrected chi connectivity index (χ0v) is 17.8. The predicted octanol–water partition coefficient (Wildman–Crippen LogP) is 2.13. The van der Waals surface area contributed by atoms with Gasteiger partial charge in [-0.3, -0.25) is 9.69 Å². The zero-order chi connectivity index (χ0) is 19.9. The highest BCUT2D eigenvalue weighted by Gasteiger charge is 2.22. The number of likely N-dealkylation sites (N-methyl/N-ethyl adjacent to an activating group) is 1. The van der Waals surface area contributed by atoms with Gasteiger partial charge in [0.2, 0.25) is 0 Å². The Kier molecular flexibility index (Phi) is 7.47. The van der Waals surface area contributed by atoms with Crippen LogP contribution in [-0.4, -0.2) is 77.2 Å². The molecule has 1 aromatic carbocycles. The number of nitrogens with zero attached hydrogens (tertiary/aromatic N) is 5. The van der Waals surface area contributed by atoms with Crippen molar-refractivity contribution in [1.29, 1.82) is 0 Å². The van der Waals surface area contributed by atoms with Gasteiger partial charge in [0, 0.05) is 37.6 Å². The van der Waals surface area contributed by atoms with E-state index in [2.05, 4.69) is 51.1 Å². The van der Waals surface area contributed by atoms with Gasteiger partial charge in [-0.2, -0.15) is 0 Å². The maximum Gasteiger partial charge on any atom is 0.273 e. The van der Waals surface area contributed by atoms with E-state index in [9.17, 15) is 4.79 Å². The van der Waals surface area contributed by atoms with Gasteiger partial charge in [0.05, 0.1) is 12.2 Å². The average molecular weight is 403 g/mol. The largest absolute Gasteiger partial charge is 0.349 e. The molecule has 1 aromatic heterocycles. The van der Waals surface area contributed by atoms with Gasteiger partial charge in [0.25, 0.3) is 5.91 Å². The monoisotopic (exact) mass is 402 g/mol. The first-order chi connectivity index (χ1) is 13.5. The molecule has 1 fully saturated rings. The third-order valence-corrected chi connectivity index (χ3v) is 5.83. The standard InChI is InChI=1S/C20H30N6OS/c1-24(2)13-10-21-20(27)19-15-26(23-22-19)17-8-11-25(12-9-17)14-16-4-6-18(28-3)7-5-16/h4-7,15,17H,8-14H2,1-3H3,(H,21,27). The van der Waals surface area contributed by atoms with Crippen LogP contribution in [0.2, 0.25) is 0 Å². The average Bonchev–Trinajstić information content (AvgIpc) is 3.19. The van der Waals surface area contributed by atoms with Gasteiger partial charge in [0.15, 0.2) is 5.69 Å². The van der Waals surface area contributed by atoms with Crippen LogP contribution in [0.15, 0.2) is 35.4 Å². The SMILES string of the molecule is CSc1ccc(CN2CCC(n3cc(C(=O)NCCN(C)C)nn3)CC2)cc1. The van der Waals surface area contributed by atoms with E-state index in [1.807, 2.05) is 23.7 Å². The summed E-state index contributed by atoms with van der Waals surface area (Å²) in [5, 5.41) is 11.2. The summed E-state index contributed by atoms with van der Waals surface area (Å²) in [5.41, 5.74) is 1.75. The van der Waals surface area contributed by atoms with Gasteiger partial charge >= 0.3 is 0 Å². The van der Waals surface area contributed by atoms with Gasteiger partial charge < -0.3 is 10.2 Å². The van der Waals surface area contributed by atoms with Crippen molar-refractivity contribution in [3.63, 3.8) is 0 Å². The van der Waals surface area contributed by atoms with Gasteiger partial charge in [-0.15, -0.1) is 16.9 Å². The predicted molar refractivity (Wildman–Crippen MR) is 113 cm³/mol. The Morgan fingerprint density at radius 3 is 2.61 bits per heavy atom. The molecule has 1 amide bonds. The summed E-state index contributed by atoms with van der Waals surface area (Å²) in [4.78, 5) is 18.0. The van der Waals surface area contributed by atoms with Gasteiger partial charge in [-0.1, -0.05) is 17.3 Å². The first-order valence-corrected chi connectivity index (χ1v) is 11.0. The second-order valence-electron chi connectivity index (χ2n) is 7.50. The van der Waals surface area contributed by atoms with Crippen molar-refractivity contribution in [2.75, 3.05) is 46.5 Å². The van der Waals surface area contributed by atoms with Crippen LogP contribution < -0.4 is 5.32 Å². The number of piperidine rings is 1. The molecule has 0 saturated carbocycles. The molecular formula is C20H30N6OS. The number of hydrogen-bond acceptors (Lipinski definition) is 6. The van der Waals surface area contributed by atoms with Crippen molar-refractivity contribution in [2.45, 2.75) is 30.3 Å². The number of thioether (sulfide) groups is 1. The number of likely N-dealkylation sites (tertiary alicyclic amines) is 1. The van der Waals surface area contributed by atoms with E-state index in [0.29, 0.717) is 18.3 Å². The first kappa shape index (κ1) is 20.8. The Balaban J connectivity index is 1.47. The van der Waals surface area contributed by atoms with Crippen LogP contribution in [0.25, 0.3) is 0 Å². The minimum Gasteiger partial charge on any atom is -0.349 e. The summed E-state index contributed by atoms with van der Waals surface area (Å²) in [6.07, 6.45) is 5.93. The molecule has 0 bridgehead atoms. The number of nitrogens with one attached hydrogen (secondary N) is 1. The molecule has 2 aromatic rings. The van der Waals surface area contributed by atoms with Crippen molar-refractivity contribution in [1.82, 2.24) is 30.1 Å². The van der Waals surface area contributed by atoms with E-state index in [1.165, 1.54) is 10.5 Å². The molecule has 1 aliphatic rings. The number of hydrogen-bond donors (Lipinski definition) is 1. The summed E-state index contributed by atoms with van der Waals surface area (Å²) in [6.45, 7) is 4.45. The highest BCUT2D eigenvalue weighted by atomic mass is 32.2. The van der Waals surface area contributed by atoms with Crippen molar-refractivity contribution >= 4 is 17.7 Å². The Hall–Kier alpha value is -1.90. The molecule has 3 rings (SSSR count). The fourth-order valence-electron chi connectivity index (χ4n) is 3.37. The Morgan fingerprint density at radius 1 is 1.25 bits per heavy atom. The summed E-state index contributed by atoms with van der Waals surface area (Å²) in [6, 6.07) is 9.12. The normalized spacial score (nSPS) is 15.9. The van der Waals surface area contributed by atoms with Crippen LogP contribution in [0.5, 0.6) is 0 Å². The number of carbonyl (C=O) groups excluding carboxylic acids is 1. The minimum absolute atomic E-state index is 0.153. The molecule has 28 heavy (non-hydrogen) atoms. The molecule has 0 aliphatic carbocycles. The lowest BCUT2D eigenvalue weighted by molar-refractivity contribution is 0.0946. The summed E-state index contributed by atoms with van der Waals surface area (Å²) >= 11 is 1.77. The number of rotatable bonds is 8. The fourth-order valence-corrected chi connectivity index (χ4v) is 3.78. The molecule has 1 aliphatic heterocycles. The van der Waals surface area contributed by atoms with Crippen molar-refractivity contribution in [3.05, 3.63) is 41.7 Å².